The van der Waals surface area contributed by atoms with Crippen LogP contribution in [0.15, 0.2) is 73.1 Å². The van der Waals surface area contributed by atoms with Crippen LogP contribution >= 0.6 is 0 Å². The van der Waals surface area contributed by atoms with Gasteiger partial charge in [-0.1, -0.05) is 24.3 Å². The lowest BCUT2D eigenvalue weighted by Gasteiger charge is -2.07. The van der Waals surface area contributed by atoms with Crippen molar-refractivity contribution < 1.29 is 4.79 Å². The molecule has 0 aliphatic carbocycles. The van der Waals surface area contributed by atoms with Crippen LogP contribution in [0, 0.1) is 11.3 Å². The van der Waals surface area contributed by atoms with Gasteiger partial charge < -0.3 is 5.32 Å². The molecule has 0 radical (unpaired) electrons. The number of hydrogen-bond donors (Lipinski definition) is 1. The van der Waals surface area contributed by atoms with Gasteiger partial charge in [-0.15, -0.1) is 0 Å². The summed E-state index contributed by atoms with van der Waals surface area (Å²) in [4.78, 5) is 16.4. The summed E-state index contributed by atoms with van der Waals surface area (Å²) in [7, 11) is 0. The molecule has 0 unspecified atom stereocenters. The van der Waals surface area contributed by atoms with Crippen molar-refractivity contribution >= 4 is 5.91 Å². The summed E-state index contributed by atoms with van der Waals surface area (Å²) in [5.41, 5.74) is 4.16. The fraction of sp³-hybridized carbons (Fsp3) is 0.0500. The van der Waals surface area contributed by atoms with E-state index in [0.29, 0.717) is 17.7 Å². The highest BCUT2D eigenvalue weighted by Gasteiger charge is 2.07. The lowest BCUT2D eigenvalue weighted by atomic mass is 10.0. The van der Waals surface area contributed by atoms with E-state index >= 15 is 0 Å². The van der Waals surface area contributed by atoms with Gasteiger partial charge in [0, 0.05) is 24.5 Å². The number of hydrogen-bond acceptors (Lipinski definition) is 3. The Kier molecular flexibility index (Phi) is 4.64. The lowest BCUT2D eigenvalue weighted by molar-refractivity contribution is 0.0951. The predicted molar refractivity (Wildman–Crippen MR) is 92.0 cm³/mol. The number of rotatable bonds is 4. The normalized spacial score (nSPS) is 9.96. The third-order valence-corrected chi connectivity index (χ3v) is 3.67. The molecule has 3 rings (SSSR count). The number of carbonyl (C=O) groups is 1. The lowest BCUT2D eigenvalue weighted by Crippen LogP contribution is -2.22. The van der Waals surface area contributed by atoms with Crippen molar-refractivity contribution in [2.24, 2.45) is 0 Å². The average molecular weight is 313 g/mol. The van der Waals surface area contributed by atoms with Crippen LogP contribution in [0.4, 0.5) is 0 Å². The highest BCUT2D eigenvalue weighted by atomic mass is 16.1. The molecule has 1 amide bonds. The Morgan fingerprint density at radius 1 is 1.00 bits per heavy atom. The van der Waals surface area contributed by atoms with E-state index in [4.69, 9.17) is 5.26 Å². The van der Waals surface area contributed by atoms with Crippen molar-refractivity contribution in [1.29, 1.82) is 5.26 Å². The minimum absolute atomic E-state index is 0.129. The van der Waals surface area contributed by atoms with Crippen molar-refractivity contribution in [2.75, 3.05) is 0 Å². The molecule has 2 aromatic carbocycles. The molecule has 1 heterocycles. The van der Waals surface area contributed by atoms with Crippen LogP contribution in [-0.4, -0.2) is 10.9 Å². The van der Waals surface area contributed by atoms with E-state index in [1.54, 1.807) is 30.6 Å². The Morgan fingerprint density at radius 2 is 1.75 bits per heavy atom. The molecule has 1 aromatic heterocycles. The number of nitrogens with one attached hydrogen (secondary N) is 1. The van der Waals surface area contributed by atoms with E-state index in [1.165, 1.54) is 0 Å². The summed E-state index contributed by atoms with van der Waals surface area (Å²) < 4.78 is 0. The third kappa shape index (κ3) is 3.65. The molecule has 24 heavy (non-hydrogen) atoms. The second-order valence-electron chi connectivity index (χ2n) is 5.31. The van der Waals surface area contributed by atoms with Gasteiger partial charge in [0.15, 0.2) is 0 Å². The van der Waals surface area contributed by atoms with Gasteiger partial charge in [0.2, 0.25) is 0 Å². The Balaban J connectivity index is 1.70. The van der Waals surface area contributed by atoms with Gasteiger partial charge in [-0.3, -0.25) is 9.78 Å². The van der Waals surface area contributed by atoms with Crippen molar-refractivity contribution in [3.05, 3.63) is 89.7 Å². The number of pyridine rings is 1. The maximum Gasteiger partial charge on any atom is 0.251 e. The number of aromatic nitrogens is 1. The van der Waals surface area contributed by atoms with E-state index in [2.05, 4.69) is 16.4 Å². The molecular weight excluding hydrogens is 298 g/mol. The fourth-order valence-corrected chi connectivity index (χ4v) is 2.37. The number of nitrogens with zero attached hydrogens (tertiary/aromatic N) is 2. The fourth-order valence-electron chi connectivity index (χ4n) is 2.37. The largest absolute Gasteiger partial charge is 0.348 e. The zero-order valence-electron chi connectivity index (χ0n) is 12.9. The van der Waals surface area contributed by atoms with Gasteiger partial charge in [-0.05, 0) is 53.1 Å². The van der Waals surface area contributed by atoms with Crippen LogP contribution in [-0.2, 0) is 6.54 Å². The zero-order chi connectivity index (χ0) is 16.8. The molecule has 3 aromatic rings. The molecule has 0 bridgehead atoms. The molecule has 0 aliphatic heterocycles. The molecule has 0 saturated carbocycles. The summed E-state index contributed by atoms with van der Waals surface area (Å²) in [5.74, 6) is -0.129. The highest BCUT2D eigenvalue weighted by molar-refractivity contribution is 5.95. The molecule has 4 nitrogen and oxygen atoms in total. The molecule has 0 spiro atoms. The number of benzene rings is 2. The summed E-state index contributed by atoms with van der Waals surface area (Å²) in [6, 6.07) is 20.5. The van der Waals surface area contributed by atoms with Crippen LogP contribution in [0.2, 0.25) is 0 Å². The number of carbonyl (C=O) groups excluding carboxylic acids is 1. The quantitative estimate of drug-likeness (QED) is 0.801. The average Bonchev–Trinajstić information content (AvgIpc) is 2.67. The summed E-state index contributed by atoms with van der Waals surface area (Å²) >= 11 is 0. The minimum atomic E-state index is -0.129. The topological polar surface area (TPSA) is 65.8 Å². The first kappa shape index (κ1) is 15.4. The predicted octanol–water partition coefficient (Wildman–Crippen LogP) is 3.55. The van der Waals surface area contributed by atoms with Crippen molar-refractivity contribution in [3.8, 4) is 17.2 Å². The highest BCUT2D eigenvalue weighted by Crippen LogP contribution is 2.19. The number of nitriles is 1. The summed E-state index contributed by atoms with van der Waals surface area (Å²) in [6.45, 7) is 0.421. The smallest absolute Gasteiger partial charge is 0.251 e. The van der Waals surface area contributed by atoms with Crippen LogP contribution < -0.4 is 5.32 Å². The van der Waals surface area contributed by atoms with E-state index in [1.807, 2.05) is 42.5 Å². The Morgan fingerprint density at radius 3 is 2.46 bits per heavy atom. The first-order valence-electron chi connectivity index (χ1n) is 7.54. The Labute approximate surface area is 140 Å². The molecule has 116 valence electrons. The summed E-state index contributed by atoms with van der Waals surface area (Å²) in [5, 5.41) is 11.7. The molecular formula is C20H15N3O. The molecule has 4 heteroatoms. The zero-order valence-corrected chi connectivity index (χ0v) is 12.9. The van der Waals surface area contributed by atoms with Crippen LogP contribution in [0.25, 0.3) is 11.1 Å². The third-order valence-electron chi connectivity index (χ3n) is 3.67. The van der Waals surface area contributed by atoms with E-state index in [9.17, 15) is 4.79 Å². The van der Waals surface area contributed by atoms with E-state index in [-0.39, 0.29) is 5.91 Å². The van der Waals surface area contributed by atoms with Crippen molar-refractivity contribution in [3.63, 3.8) is 0 Å². The van der Waals surface area contributed by atoms with Crippen LogP contribution in [0.5, 0.6) is 0 Å². The van der Waals surface area contributed by atoms with E-state index in [0.717, 1.165) is 16.7 Å². The van der Waals surface area contributed by atoms with Crippen LogP contribution in [0.1, 0.15) is 21.5 Å². The summed E-state index contributed by atoms with van der Waals surface area (Å²) in [6.07, 6.45) is 3.46. The number of amides is 1. The van der Waals surface area contributed by atoms with Gasteiger partial charge in [-0.25, -0.2) is 0 Å². The molecule has 0 aliphatic rings. The monoisotopic (exact) mass is 313 g/mol. The maximum absolute atomic E-state index is 12.3. The van der Waals surface area contributed by atoms with Gasteiger partial charge in [0.25, 0.3) is 5.91 Å². The SMILES string of the molecule is N#Cc1ccc(CNC(=O)c2cccc(-c3ccncc3)c2)cc1. The molecule has 0 fully saturated rings. The van der Waals surface area contributed by atoms with Gasteiger partial charge in [0.05, 0.1) is 11.6 Å². The van der Waals surface area contributed by atoms with Gasteiger partial charge in [0.1, 0.15) is 0 Å². The van der Waals surface area contributed by atoms with Gasteiger partial charge >= 0.3 is 0 Å². The molecule has 1 N–H and O–H groups in total. The molecule has 0 atom stereocenters. The second kappa shape index (κ2) is 7.21. The maximum atomic E-state index is 12.3. The van der Waals surface area contributed by atoms with E-state index < -0.39 is 0 Å². The first-order chi connectivity index (χ1) is 11.8. The first-order valence-corrected chi connectivity index (χ1v) is 7.54. The van der Waals surface area contributed by atoms with Crippen LogP contribution in [0.3, 0.4) is 0 Å². The second-order valence-corrected chi connectivity index (χ2v) is 5.31. The van der Waals surface area contributed by atoms with Crippen molar-refractivity contribution in [2.45, 2.75) is 6.54 Å². The molecule has 0 saturated heterocycles. The minimum Gasteiger partial charge on any atom is -0.348 e. The standard InChI is InChI=1S/C20H15N3O/c21-13-15-4-6-16(7-5-15)14-23-20(24)19-3-1-2-18(12-19)17-8-10-22-11-9-17/h1-12H,14H2,(H,23,24). The Bertz CT molecular complexity index is 881. The Hall–Kier alpha value is -3.45. The van der Waals surface area contributed by atoms with Crippen molar-refractivity contribution in [1.82, 2.24) is 10.3 Å². The van der Waals surface area contributed by atoms with Gasteiger partial charge in [-0.2, -0.15) is 5.26 Å².